The molecule has 0 unspecified atom stereocenters. The molecule has 0 bridgehead atoms. The minimum Gasteiger partial charge on any atom is -0.497 e. The van der Waals surface area contributed by atoms with Gasteiger partial charge in [0.2, 0.25) is 5.91 Å². The van der Waals surface area contributed by atoms with Crippen LogP contribution in [0.2, 0.25) is 0 Å². The summed E-state index contributed by atoms with van der Waals surface area (Å²) in [5.74, 6) is 0.400. The highest BCUT2D eigenvalue weighted by atomic mass is 19.1. The maximum absolute atomic E-state index is 13.2. The Morgan fingerprint density at radius 1 is 1.08 bits per heavy atom. The molecular formula is C20H24FN3O2. The number of hydrogen-bond acceptors (Lipinski definition) is 4. The fourth-order valence-corrected chi connectivity index (χ4v) is 3.06. The van der Waals surface area contributed by atoms with Gasteiger partial charge in [0, 0.05) is 38.4 Å². The van der Waals surface area contributed by atoms with E-state index in [0.717, 1.165) is 38.5 Å². The lowest BCUT2D eigenvalue weighted by Crippen LogP contribution is -2.48. The van der Waals surface area contributed by atoms with E-state index in [1.807, 2.05) is 12.1 Å². The topological polar surface area (TPSA) is 44.8 Å². The van der Waals surface area contributed by atoms with Crippen molar-refractivity contribution in [3.8, 4) is 5.75 Å². The molecule has 1 aliphatic rings. The fourth-order valence-electron chi connectivity index (χ4n) is 3.06. The second-order valence-electron chi connectivity index (χ2n) is 6.46. The molecule has 1 saturated heterocycles. The summed E-state index contributed by atoms with van der Waals surface area (Å²) in [6.45, 7) is 4.73. The van der Waals surface area contributed by atoms with Crippen LogP contribution in [0.25, 0.3) is 0 Å². The van der Waals surface area contributed by atoms with Gasteiger partial charge in [-0.05, 0) is 35.9 Å². The van der Waals surface area contributed by atoms with Crippen molar-refractivity contribution in [2.75, 3.05) is 45.2 Å². The minimum absolute atomic E-state index is 0.112. The first-order valence-electron chi connectivity index (χ1n) is 8.75. The highest BCUT2D eigenvalue weighted by molar-refractivity contribution is 5.92. The number of piperazine rings is 1. The maximum Gasteiger partial charge on any atom is 0.238 e. The Morgan fingerprint density at radius 2 is 1.77 bits per heavy atom. The van der Waals surface area contributed by atoms with Gasteiger partial charge in [0.15, 0.2) is 0 Å². The number of methoxy groups -OCH3 is 1. The number of hydrogen-bond donors (Lipinski definition) is 1. The lowest BCUT2D eigenvalue weighted by molar-refractivity contribution is -0.117. The van der Waals surface area contributed by atoms with Gasteiger partial charge in [0.05, 0.1) is 13.7 Å². The molecule has 1 N–H and O–H groups in total. The molecule has 0 atom stereocenters. The summed E-state index contributed by atoms with van der Waals surface area (Å²) >= 11 is 0. The molecule has 3 rings (SSSR count). The zero-order chi connectivity index (χ0) is 18.4. The molecule has 1 amide bonds. The van der Waals surface area contributed by atoms with Gasteiger partial charge in [-0.3, -0.25) is 14.6 Å². The fraction of sp³-hybridized carbons (Fsp3) is 0.350. The van der Waals surface area contributed by atoms with E-state index >= 15 is 0 Å². The van der Waals surface area contributed by atoms with E-state index in [4.69, 9.17) is 4.74 Å². The van der Waals surface area contributed by atoms with Gasteiger partial charge in [-0.1, -0.05) is 18.2 Å². The third-order valence-corrected chi connectivity index (χ3v) is 4.51. The van der Waals surface area contributed by atoms with Gasteiger partial charge in [-0.15, -0.1) is 0 Å². The molecule has 2 aromatic rings. The Balaban J connectivity index is 1.42. The van der Waals surface area contributed by atoms with Gasteiger partial charge < -0.3 is 10.1 Å². The predicted molar refractivity (Wildman–Crippen MR) is 99.7 cm³/mol. The lowest BCUT2D eigenvalue weighted by Gasteiger charge is -2.34. The Labute approximate surface area is 153 Å². The standard InChI is InChI=1S/C20H24FN3O2/c1-26-19-7-5-16(6-8-19)14-23-9-11-24(12-10-23)15-20(25)22-18-4-2-3-17(21)13-18/h2-8,13H,9-12,14-15H2,1H3,(H,22,25). The number of rotatable bonds is 6. The molecule has 1 aliphatic heterocycles. The number of carbonyl (C=O) groups excluding carboxylic acids is 1. The van der Waals surface area contributed by atoms with E-state index in [2.05, 4.69) is 27.2 Å². The molecule has 6 heteroatoms. The molecule has 0 radical (unpaired) electrons. The molecular weight excluding hydrogens is 333 g/mol. The number of benzene rings is 2. The summed E-state index contributed by atoms with van der Waals surface area (Å²) in [5.41, 5.74) is 1.75. The number of carbonyl (C=O) groups is 1. The quantitative estimate of drug-likeness (QED) is 0.863. The summed E-state index contributed by atoms with van der Waals surface area (Å²) in [7, 11) is 1.67. The van der Waals surface area contributed by atoms with Gasteiger partial charge in [0.1, 0.15) is 11.6 Å². The summed E-state index contributed by atoms with van der Waals surface area (Å²) in [5, 5.41) is 2.75. The van der Waals surface area contributed by atoms with Gasteiger partial charge in [-0.2, -0.15) is 0 Å². The zero-order valence-corrected chi connectivity index (χ0v) is 15.0. The van der Waals surface area contributed by atoms with Crippen molar-refractivity contribution in [3.05, 3.63) is 59.9 Å². The second-order valence-corrected chi connectivity index (χ2v) is 6.46. The summed E-state index contributed by atoms with van der Waals surface area (Å²) < 4.78 is 18.3. The smallest absolute Gasteiger partial charge is 0.238 e. The van der Waals surface area contributed by atoms with Crippen molar-refractivity contribution in [2.24, 2.45) is 0 Å². The largest absolute Gasteiger partial charge is 0.497 e. The molecule has 2 aromatic carbocycles. The van der Waals surface area contributed by atoms with Gasteiger partial charge in [-0.25, -0.2) is 4.39 Å². The van der Waals surface area contributed by atoms with Crippen molar-refractivity contribution in [1.82, 2.24) is 9.80 Å². The van der Waals surface area contributed by atoms with Crippen molar-refractivity contribution < 1.29 is 13.9 Å². The SMILES string of the molecule is COc1ccc(CN2CCN(CC(=O)Nc3cccc(F)c3)CC2)cc1. The second kappa shape index (κ2) is 8.78. The summed E-state index contributed by atoms with van der Waals surface area (Å²) in [4.78, 5) is 16.6. The average Bonchev–Trinajstić information content (AvgIpc) is 2.64. The molecule has 26 heavy (non-hydrogen) atoms. The van der Waals surface area contributed by atoms with E-state index in [9.17, 15) is 9.18 Å². The number of ether oxygens (including phenoxy) is 1. The highest BCUT2D eigenvalue weighted by Crippen LogP contribution is 2.14. The van der Waals surface area contributed by atoms with Crippen LogP contribution in [0.1, 0.15) is 5.56 Å². The van der Waals surface area contributed by atoms with Crippen LogP contribution in [-0.4, -0.2) is 55.5 Å². The van der Waals surface area contributed by atoms with Crippen molar-refractivity contribution in [3.63, 3.8) is 0 Å². The number of nitrogens with zero attached hydrogens (tertiary/aromatic N) is 2. The Morgan fingerprint density at radius 3 is 2.42 bits per heavy atom. The first-order chi connectivity index (χ1) is 12.6. The first kappa shape index (κ1) is 18.4. The first-order valence-corrected chi connectivity index (χ1v) is 8.75. The third-order valence-electron chi connectivity index (χ3n) is 4.51. The van der Waals surface area contributed by atoms with Gasteiger partial charge >= 0.3 is 0 Å². The normalized spacial score (nSPS) is 15.6. The van der Waals surface area contributed by atoms with Crippen LogP contribution in [-0.2, 0) is 11.3 Å². The Kier molecular flexibility index (Phi) is 6.20. The average molecular weight is 357 g/mol. The van der Waals surface area contributed by atoms with E-state index < -0.39 is 0 Å². The van der Waals surface area contributed by atoms with Crippen LogP contribution in [0.15, 0.2) is 48.5 Å². The summed E-state index contributed by atoms with van der Waals surface area (Å²) in [6.07, 6.45) is 0. The maximum atomic E-state index is 13.2. The van der Waals surface area contributed by atoms with Crippen molar-refractivity contribution in [1.29, 1.82) is 0 Å². The van der Waals surface area contributed by atoms with Crippen LogP contribution >= 0.6 is 0 Å². The molecule has 0 saturated carbocycles. The lowest BCUT2D eigenvalue weighted by atomic mass is 10.2. The Bertz CT molecular complexity index is 728. The Hall–Kier alpha value is -2.44. The van der Waals surface area contributed by atoms with Crippen LogP contribution in [0.4, 0.5) is 10.1 Å². The third kappa shape index (κ3) is 5.28. The molecule has 5 nitrogen and oxygen atoms in total. The van der Waals surface area contributed by atoms with E-state index in [1.54, 1.807) is 19.2 Å². The van der Waals surface area contributed by atoms with Gasteiger partial charge in [0.25, 0.3) is 0 Å². The monoisotopic (exact) mass is 357 g/mol. The van der Waals surface area contributed by atoms with E-state index in [1.165, 1.54) is 17.7 Å². The van der Waals surface area contributed by atoms with Crippen LogP contribution in [0.3, 0.4) is 0 Å². The molecule has 1 fully saturated rings. The number of nitrogens with one attached hydrogen (secondary N) is 1. The van der Waals surface area contributed by atoms with E-state index in [0.29, 0.717) is 12.2 Å². The molecule has 0 aromatic heterocycles. The number of anilines is 1. The summed E-state index contributed by atoms with van der Waals surface area (Å²) in [6, 6.07) is 14.1. The molecule has 138 valence electrons. The molecule has 0 aliphatic carbocycles. The van der Waals surface area contributed by atoms with Crippen LogP contribution < -0.4 is 10.1 Å². The zero-order valence-electron chi connectivity index (χ0n) is 15.0. The minimum atomic E-state index is -0.352. The van der Waals surface area contributed by atoms with E-state index in [-0.39, 0.29) is 11.7 Å². The number of halogens is 1. The highest BCUT2D eigenvalue weighted by Gasteiger charge is 2.19. The molecule has 1 heterocycles. The predicted octanol–water partition coefficient (Wildman–Crippen LogP) is 2.59. The van der Waals surface area contributed by atoms with Crippen LogP contribution in [0, 0.1) is 5.82 Å². The van der Waals surface area contributed by atoms with Crippen LogP contribution in [0.5, 0.6) is 5.75 Å². The number of amides is 1. The van der Waals surface area contributed by atoms with Crippen molar-refractivity contribution in [2.45, 2.75) is 6.54 Å². The van der Waals surface area contributed by atoms with Crippen molar-refractivity contribution >= 4 is 11.6 Å². The molecule has 0 spiro atoms.